The Morgan fingerprint density at radius 1 is 1.30 bits per heavy atom. The van der Waals surface area contributed by atoms with Crippen LogP contribution < -0.4 is 20.7 Å². The number of benzene rings is 1. The van der Waals surface area contributed by atoms with Gasteiger partial charge in [0.05, 0.1) is 0 Å². The zero-order valence-electron chi connectivity index (χ0n) is 18.7. The zero-order valence-corrected chi connectivity index (χ0v) is 19.5. The largest absolute Gasteiger partial charge is 0.377 e. The maximum absolute atomic E-state index is 13.4. The molecule has 0 saturated carbocycles. The van der Waals surface area contributed by atoms with Crippen LogP contribution in [0.25, 0.3) is 10.3 Å². The summed E-state index contributed by atoms with van der Waals surface area (Å²) in [4.78, 5) is 38.2. The Kier molecular flexibility index (Phi) is 6.59. The molecular formula is C22H26F2N6O2S. The summed E-state index contributed by atoms with van der Waals surface area (Å²) in [5.74, 6) is -0.687. The Morgan fingerprint density at radius 3 is 2.76 bits per heavy atom. The smallest absolute Gasteiger partial charge is 0.295 e. The molecule has 0 radical (unpaired) electrons. The third-order valence-electron chi connectivity index (χ3n) is 5.78. The lowest BCUT2D eigenvalue weighted by molar-refractivity contribution is -0.122. The Balaban J connectivity index is 1.57. The molecule has 0 spiro atoms. The topological polar surface area (TPSA) is 83.4 Å². The number of hydrogen-bond acceptors (Lipinski definition) is 7. The van der Waals surface area contributed by atoms with Gasteiger partial charge in [0, 0.05) is 39.4 Å². The van der Waals surface area contributed by atoms with E-state index in [1.165, 1.54) is 0 Å². The van der Waals surface area contributed by atoms with Gasteiger partial charge in [0.2, 0.25) is 5.91 Å². The average Bonchev–Trinajstić information content (AvgIpc) is 3.44. The monoisotopic (exact) mass is 476 g/mol. The molecule has 3 aromatic rings. The SMILES string of the molecule is CCn1c(C(F)F)nc2sc(N3CCCC3C(=O)NCc3ccccc3N(C)C)nc2c1=O. The summed E-state index contributed by atoms with van der Waals surface area (Å²) in [5.41, 5.74) is 1.51. The highest BCUT2D eigenvalue weighted by Gasteiger charge is 2.33. The summed E-state index contributed by atoms with van der Waals surface area (Å²) < 4.78 is 27.7. The molecule has 1 saturated heterocycles. The number of aromatic nitrogens is 3. The van der Waals surface area contributed by atoms with Crippen LogP contribution in [0.15, 0.2) is 29.1 Å². The van der Waals surface area contributed by atoms with Crippen molar-refractivity contribution in [3.05, 3.63) is 46.0 Å². The van der Waals surface area contributed by atoms with E-state index in [9.17, 15) is 18.4 Å². The van der Waals surface area contributed by atoms with Crippen molar-refractivity contribution in [2.45, 2.75) is 45.3 Å². The number of rotatable bonds is 7. The van der Waals surface area contributed by atoms with Crippen LogP contribution in [0.4, 0.5) is 19.6 Å². The number of nitrogens with zero attached hydrogens (tertiary/aromatic N) is 5. The molecule has 176 valence electrons. The highest BCUT2D eigenvalue weighted by Crippen LogP contribution is 2.32. The Labute approximate surface area is 193 Å². The molecule has 11 heteroatoms. The fourth-order valence-electron chi connectivity index (χ4n) is 4.17. The number of anilines is 2. The molecule has 0 bridgehead atoms. The molecule has 1 atom stereocenters. The molecule has 0 aliphatic carbocycles. The first-order valence-electron chi connectivity index (χ1n) is 10.8. The Hall–Kier alpha value is -3.08. The van der Waals surface area contributed by atoms with Gasteiger partial charge >= 0.3 is 0 Å². The summed E-state index contributed by atoms with van der Waals surface area (Å²) in [6.45, 7) is 2.68. The third-order valence-corrected chi connectivity index (χ3v) is 6.76. The predicted molar refractivity (Wildman–Crippen MR) is 125 cm³/mol. The van der Waals surface area contributed by atoms with Crippen molar-refractivity contribution in [3.63, 3.8) is 0 Å². The minimum absolute atomic E-state index is 0.0622. The van der Waals surface area contributed by atoms with E-state index in [0.717, 1.165) is 33.6 Å². The molecule has 1 amide bonds. The van der Waals surface area contributed by atoms with Gasteiger partial charge in [0.25, 0.3) is 12.0 Å². The fraction of sp³-hybridized carbons (Fsp3) is 0.455. The van der Waals surface area contributed by atoms with Crippen molar-refractivity contribution in [1.29, 1.82) is 0 Å². The second-order valence-electron chi connectivity index (χ2n) is 8.06. The van der Waals surface area contributed by atoms with Crippen molar-refractivity contribution in [2.75, 3.05) is 30.4 Å². The van der Waals surface area contributed by atoms with Gasteiger partial charge in [-0.3, -0.25) is 14.2 Å². The molecule has 1 aliphatic heterocycles. The fourth-order valence-corrected chi connectivity index (χ4v) is 5.19. The number of amides is 1. The number of thiazole rings is 1. The third kappa shape index (κ3) is 4.41. The molecule has 4 rings (SSSR count). The van der Waals surface area contributed by atoms with E-state index < -0.39 is 23.9 Å². The molecule has 33 heavy (non-hydrogen) atoms. The minimum Gasteiger partial charge on any atom is -0.377 e. The number of halogens is 2. The Bertz CT molecular complexity index is 1230. The maximum Gasteiger partial charge on any atom is 0.295 e. The van der Waals surface area contributed by atoms with E-state index in [1.54, 1.807) is 6.92 Å². The van der Waals surface area contributed by atoms with Crippen molar-refractivity contribution < 1.29 is 13.6 Å². The second-order valence-corrected chi connectivity index (χ2v) is 9.02. The lowest BCUT2D eigenvalue weighted by Gasteiger charge is -2.24. The van der Waals surface area contributed by atoms with Crippen molar-refractivity contribution in [1.82, 2.24) is 19.9 Å². The van der Waals surface area contributed by atoms with E-state index in [1.807, 2.05) is 48.2 Å². The summed E-state index contributed by atoms with van der Waals surface area (Å²) in [5, 5.41) is 3.47. The number of para-hydroxylation sites is 1. The lowest BCUT2D eigenvalue weighted by atomic mass is 10.1. The number of alkyl halides is 2. The maximum atomic E-state index is 13.4. The molecule has 8 nitrogen and oxygen atoms in total. The summed E-state index contributed by atoms with van der Waals surface area (Å²) in [6, 6.07) is 7.41. The molecule has 1 fully saturated rings. The molecule has 1 aliphatic rings. The van der Waals surface area contributed by atoms with Crippen molar-refractivity contribution in [2.24, 2.45) is 0 Å². The van der Waals surface area contributed by atoms with Crippen LogP contribution in [0.5, 0.6) is 0 Å². The van der Waals surface area contributed by atoms with E-state index in [2.05, 4.69) is 15.3 Å². The zero-order chi connectivity index (χ0) is 23.7. The molecule has 3 heterocycles. The first-order chi connectivity index (χ1) is 15.8. The first kappa shape index (κ1) is 23.1. The predicted octanol–water partition coefficient (Wildman–Crippen LogP) is 3.16. The van der Waals surface area contributed by atoms with Crippen LogP contribution in [0.1, 0.15) is 37.6 Å². The standard InChI is InChI=1S/C22H26F2N6O2S/c1-4-29-18(17(23)24)27-20-16(21(29)32)26-22(33-20)30-11-7-10-15(30)19(31)25-12-13-8-5-6-9-14(13)28(2)3/h5-6,8-9,15,17H,4,7,10-12H2,1-3H3,(H,25,31). The Morgan fingerprint density at radius 2 is 2.06 bits per heavy atom. The summed E-state index contributed by atoms with van der Waals surface area (Å²) >= 11 is 1.07. The number of nitrogens with one attached hydrogen (secondary N) is 1. The highest BCUT2D eigenvalue weighted by molar-refractivity contribution is 7.21. The van der Waals surface area contributed by atoms with E-state index >= 15 is 0 Å². The van der Waals surface area contributed by atoms with Gasteiger partial charge in [-0.15, -0.1) is 0 Å². The van der Waals surface area contributed by atoms with E-state index in [4.69, 9.17) is 0 Å². The normalized spacial score (nSPS) is 16.1. The van der Waals surface area contributed by atoms with Gasteiger partial charge in [-0.2, -0.15) is 0 Å². The molecule has 2 aromatic heterocycles. The van der Waals surface area contributed by atoms with Gasteiger partial charge in [0.1, 0.15) is 6.04 Å². The van der Waals surface area contributed by atoms with Crippen LogP contribution in [-0.2, 0) is 17.9 Å². The van der Waals surface area contributed by atoms with Crippen LogP contribution in [-0.4, -0.2) is 47.1 Å². The van der Waals surface area contributed by atoms with Crippen molar-refractivity contribution >= 4 is 38.4 Å². The van der Waals surface area contributed by atoms with Crippen molar-refractivity contribution in [3.8, 4) is 0 Å². The molecule has 1 N–H and O–H groups in total. The average molecular weight is 477 g/mol. The number of carbonyl (C=O) groups is 1. The molecular weight excluding hydrogens is 450 g/mol. The number of hydrogen-bond donors (Lipinski definition) is 1. The quantitative estimate of drug-likeness (QED) is 0.564. The van der Waals surface area contributed by atoms with Crippen LogP contribution in [0, 0.1) is 0 Å². The van der Waals surface area contributed by atoms with Gasteiger partial charge in [0.15, 0.2) is 21.3 Å². The van der Waals surface area contributed by atoms with Gasteiger partial charge < -0.3 is 15.1 Å². The van der Waals surface area contributed by atoms with E-state index in [0.29, 0.717) is 24.6 Å². The second kappa shape index (κ2) is 9.42. The lowest BCUT2D eigenvalue weighted by Crippen LogP contribution is -2.43. The molecule has 1 unspecified atom stereocenters. The van der Waals surface area contributed by atoms with Gasteiger partial charge in [-0.05, 0) is 31.4 Å². The van der Waals surface area contributed by atoms with Crippen LogP contribution in [0.3, 0.4) is 0 Å². The number of fused-ring (bicyclic) bond motifs is 1. The molecule has 1 aromatic carbocycles. The van der Waals surface area contributed by atoms with Crippen LogP contribution >= 0.6 is 11.3 Å². The van der Waals surface area contributed by atoms with Crippen LogP contribution in [0.2, 0.25) is 0 Å². The van der Waals surface area contributed by atoms with Gasteiger partial charge in [-0.1, -0.05) is 29.5 Å². The first-order valence-corrected chi connectivity index (χ1v) is 11.6. The van der Waals surface area contributed by atoms with Gasteiger partial charge in [-0.25, -0.2) is 18.7 Å². The minimum atomic E-state index is -2.86. The summed E-state index contributed by atoms with van der Waals surface area (Å²) in [7, 11) is 3.90. The number of carbonyl (C=O) groups excluding carboxylic acids is 1. The highest BCUT2D eigenvalue weighted by atomic mass is 32.1. The van der Waals surface area contributed by atoms with E-state index in [-0.39, 0.29) is 22.8 Å². The summed E-state index contributed by atoms with van der Waals surface area (Å²) in [6.07, 6.45) is -1.42.